The molecule has 1 saturated carbocycles. The Labute approximate surface area is 228 Å². The number of carbonyl (C=O) groups excluding carboxylic acids is 2. The zero-order valence-electron chi connectivity index (χ0n) is 21.1. The van der Waals surface area contributed by atoms with Gasteiger partial charge in [0.2, 0.25) is 0 Å². The first-order valence-corrected chi connectivity index (χ1v) is 13.0. The van der Waals surface area contributed by atoms with Crippen molar-refractivity contribution in [3.05, 3.63) is 45.5 Å². The number of pyridine rings is 1. The molecule has 2 aromatic rings. The quantitative estimate of drug-likeness (QED) is 0.365. The van der Waals surface area contributed by atoms with Gasteiger partial charge in [0.1, 0.15) is 0 Å². The van der Waals surface area contributed by atoms with Crippen LogP contribution < -0.4 is 0 Å². The molecule has 0 saturated heterocycles. The minimum absolute atomic E-state index is 0.0196. The molecule has 0 bridgehead atoms. The SMILES string of the molecule is CC(C)CCN(CC(=O)c1c(Cl)cncc1Cl)C(=O)c1cnn(C2CC[C@H](C(=O)O)[C@H](C)C2)c1C(F)(F)F. The summed E-state index contributed by atoms with van der Waals surface area (Å²) in [6, 6.07) is -0.723. The van der Waals surface area contributed by atoms with Crippen LogP contribution in [0.2, 0.25) is 10.0 Å². The van der Waals surface area contributed by atoms with Gasteiger partial charge in [-0.15, -0.1) is 0 Å². The maximum atomic E-state index is 14.3. The first-order chi connectivity index (χ1) is 17.7. The lowest BCUT2D eigenvalue weighted by atomic mass is 9.78. The Balaban J connectivity index is 1.96. The second-order valence-electron chi connectivity index (χ2n) is 10.0. The molecule has 3 atom stereocenters. The van der Waals surface area contributed by atoms with Crippen LogP contribution in [0.1, 0.15) is 78.9 Å². The van der Waals surface area contributed by atoms with E-state index in [9.17, 15) is 32.7 Å². The van der Waals surface area contributed by atoms with E-state index in [1.807, 2.05) is 13.8 Å². The predicted octanol–water partition coefficient (Wildman–Crippen LogP) is 6.04. The molecule has 1 fully saturated rings. The number of halogens is 5. The van der Waals surface area contributed by atoms with Crippen LogP contribution in [0.4, 0.5) is 13.2 Å². The van der Waals surface area contributed by atoms with Crippen molar-refractivity contribution in [2.75, 3.05) is 13.1 Å². The van der Waals surface area contributed by atoms with E-state index in [0.29, 0.717) is 6.42 Å². The molecule has 1 amide bonds. The number of nitrogens with zero attached hydrogens (tertiary/aromatic N) is 4. The number of carboxylic acids is 1. The molecule has 1 N–H and O–H groups in total. The summed E-state index contributed by atoms with van der Waals surface area (Å²) in [6.45, 7) is 4.93. The summed E-state index contributed by atoms with van der Waals surface area (Å²) in [6.07, 6.45) is -0.636. The van der Waals surface area contributed by atoms with E-state index in [2.05, 4.69) is 10.1 Å². The lowest BCUT2D eigenvalue weighted by Crippen LogP contribution is -2.38. The highest BCUT2D eigenvalue weighted by molar-refractivity contribution is 6.39. The number of amides is 1. The van der Waals surface area contributed by atoms with Gasteiger partial charge < -0.3 is 10.0 Å². The summed E-state index contributed by atoms with van der Waals surface area (Å²) in [7, 11) is 0. The van der Waals surface area contributed by atoms with E-state index in [4.69, 9.17) is 23.2 Å². The van der Waals surface area contributed by atoms with Gasteiger partial charge in [0.05, 0.1) is 45.9 Å². The minimum Gasteiger partial charge on any atom is -0.481 e. The van der Waals surface area contributed by atoms with Crippen molar-refractivity contribution >= 4 is 40.9 Å². The van der Waals surface area contributed by atoms with Crippen LogP contribution in [0, 0.1) is 17.8 Å². The van der Waals surface area contributed by atoms with Gasteiger partial charge in [0.25, 0.3) is 5.91 Å². The van der Waals surface area contributed by atoms with E-state index in [1.54, 1.807) is 6.92 Å². The summed E-state index contributed by atoms with van der Waals surface area (Å²) in [5, 5.41) is 13.2. The van der Waals surface area contributed by atoms with E-state index >= 15 is 0 Å². The van der Waals surface area contributed by atoms with Crippen molar-refractivity contribution in [2.45, 2.75) is 58.7 Å². The third-order valence-electron chi connectivity index (χ3n) is 6.83. The largest absolute Gasteiger partial charge is 0.481 e. The average molecular weight is 577 g/mol. The third kappa shape index (κ3) is 6.66. The van der Waals surface area contributed by atoms with Crippen molar-refractivity contribution in [1.29, 1.82) is 0 Å². The number of aromatic nitrogens is 3. The lowest BCUT2D eigenvalue weighted by molar-refractivity contribution is -0.149. The molecule has 13 heteroatoms. The van der Waals surface area contributed by atoms with Gasteiger partial charge in [-0.25, -0.2) is 0 Å². The summed E-state index contributed by atoms with van der Waals surface area (Å²) < 4.78 is 43.8. The van der Waals surface area contributed by atoms with Crippen LogP contribution in [0.3, 0.4) is 0 Å². The number of rotatable bonds is 9. The van der Waals surface area contributed by atoms with Crippen LogP contribution in [0.15, 0.2) is 18.6 Å². The minimum atomic E-state index is -4.92. The van der Waals surface area contributed by atoms with Gasteiger partial charge in [-0.05, 0) is 37.5 Å². The van der Waals surface area contributed by atoms with Crippen LogP contribution >= 0.6 is 23.2 Å². The fraction of sp³-hybridized carbons (Fsp3) is 0.560. The molecule has 2 heterocycles. The van der Waals surface area contributed by atoms with Crippen LogP contribution in [0.5, 0.6) is 0 Å². The highest BCUT2D eigenvalue weighted by Crippen LogP contribution is 2.41. The fourth-order valence-corrected chi connectivity index (χ4v) is 5.38. The monoisotopic (exact) mass is 576 g/mol. The molecular weight excluding hydrogens is 548 g/mol. The van der Waals surface area contributed by atoms with Crippen LogP contribution in [-0.2, 0) is 11.0 Å². The molecule has 0 radical (unpaired) electrons. The number of carboxylic acid groups (broad SMARTS) is 1. The fourth-order valence-electron chi connectivity index (χ4n) is 4.80. The molecule has 2 aromatic heterocycles. The Morgan fingerprint density at radius 2 is 1.79 bits per heavy atom. The van der Waals surface area contributed by atoms with Gasteiger partial charge in [0, 0.05) is 18.9 Å². The number of alkyl halides is 3. The maximum Gasteiger partial charge on any atom is 0.433 e. The zero-order valence-corrected chi connectivity index (χ0v) is 22.6. The van der Waals surface area contributed by atoms with Gasteiger partial charge in [0.15, 0.2) is 11.5 Å². The van der Waals surface area contributed by atoms with Crippen molar-refractivity contribution in [3.8, 4) is 0 Å². The van der Waals surface area contributed by atoms with Crippen molar-refractivity contribution in [3.63, 3.8) is 0 Å². The number of hydrogen-bond donors (Lipinski definition) is 1. The summed E-state index contributed by atoms with van der Waals surface area (Å²) >= 11 is 12.2. The smallest absolute Gasteiger partial charge is 0.433 e. The highest BCUT2D eigenvalue weighted by Gasteiger charge is 2.44. The number of aliphatic carboxylic acids is 1. The van der Waals surface area contributed by atoms with E-state index in [1.165, 1.54) is 12.4 Å². The van der Waals surface area contributed by atoms with E-state index < -0.39 is 53.6 Å². The molecule has 0 aliphatic heterocycles. The normalized spacial score (nSPS) is 20.0. The molecule has 38 heavy (non-hydrogen) atoms. The van der Waals surface area contributed by atoms with Crippen LogP contribution in [-0.4, -0.2) is 55.5 Å². The lowest BCUT2D eigenvalue weighted by Gasteiger charge is -2.33. The highest BCUT2D eigenvalue weighted by atomic mass is 35.5. The number of carbonyl (C=O) groups is 3. The molecule has 1 aliphatic rings. The van der Waals surface area contributed by atoms with Crippen molar-refractivity contribution < 1.29 is 32.7 Å². The van der Waals surface area contributed by atoms with Crippen molar-refractivity contribution in [2.24, 2.45) is 17.8 Å². The summed E-state index contributed by atoms with van der Waals surface area (Å²) in [5.41, 5.74) is -1.95. The zero-order chi connectivity index (χ0) is 28.4. The van der Waals surface area contributed by atoms with Gasteiger partial charge in [-0.1, -0.05) is 44.0 Å². The Kier molecular flexibility index (Phi) is 9.46. The van der Waals surface area contributed by atoms with E-state index in [0.717, 1.165) is 15.8 Å². The second kappa shape index (κ2) is 12.0. The van der Waals surface area contributed by atoms with Gasteiger partial charge in [-0.3, -0.25) is 24.0 Å². The van der Waals surface area contributed by atoms with Crippen molar-refractivity contribution in [1.82, 2.24) is 19.7 Å². The van der Waals surface area contributed by atoms with Crippen LogP contribution in [0.25, 0.3) is 0 Å². The Morgan fingerprint density at radius 1 is 1.16 bits per heavy atom. The predicted molar refractivity (Wildman–Crippen MR) is 134 cm³/mol. The Hall–Kier alpha value is -2.66. The molecule has 8 nitrogen and oxygen atoms in total. The average Bonchev–Trinajstić information content (AvgIpc) is 3.26. The molecule has 1 aliphatic carbocycles. The molecule has 0 spiro atoms. The Bertz CT molecular complexity index is 1180. The number of ketones is 1. The second-order valence-corrected chi connectivity index (χ2v) is 10.9. The Morgan fingerprint density at radius 3 is 2.32 bits per heavy atom. The third-order valence-corrected chi connectivity index (χ3v) is 7.40. The molecular formula is C25H29Cl2F3N4O4. The molecule has 208 valence electrons. The number of hydrogen-bond acceptors (Lipinski definition) is 5. The standard InChI is InChI=1S/C25H29Cl2F3N4O4/c1-13(2)6-7-33(12-20(35)21-18(26)10-31-11-19(21)27)23(36)17-9-32-34(22(17)25(28,29)30)15-4-5-16(24(37)38)14(3)8-15/h9-11,13-16H,4-8,12H2,1-3H3,(H,37,38)/t14-,15?,16+/m1/s1. The molecule has 0 aromatic carbocycles. The molecule has 3 rings (SSSR count). The van der Waals surface area contributed by atoms with Gasteiger partial charge >= 0.3 is 12.1 Å². The van der Waals surface area contributed by atoms with Gasteiger partial charge in [-0.2, -0.15) is 18.3 Å². The summed E-state index contributed by atoms with van der Waals surface area (Å²) in [5.74, 6) is -3.54. The summed E-state index contributed by atoms with van der Waals surface area (Å²) in [4.78, 5) is 42.9. The topological polar surface area (TPSA) is 105 Å². The van der Waals surface area contributed by atoms with E-state index in [-0.39, 0.29) is 53.3 Å². The maximum absolute atomic E-state index is 14.3. The first-order valence-electron chi connectivity index (χ1n) is 12.2. The first kappa shape index (κ1) is 29.9. The molecule has 1 unspecified atom stereocenters. The number of Topliss-reactive ketones (excluding diaryl/α,β-unsaturated/α-hetero) is 1.